The van der Waals surface area contributed by atoms with Crippen molar-refractivity contribution >= 4 is 17.3 Å². The highest BCUT2D eigenvalue weighted by molar-refractivity contribution is 6.05. The van der Waals surface area contributed by atoms with Crippen LogP contribution in [0.4, 0.5) is 11.4 Å². The van der Waals surface area contributed by atoms with Crippen LogP contribution in [0.2, 0.25) is 0 Å². The summed E-state index contributed by atoms with van der Waals surface area (Å²) < 4.78 is 6.61. The number of nitrogens with zero attached hydrogens (tertiary/aromatic N) is 2. The number of ether oxygens (including phenoxy) is 1. The standard InChI is InChI=1S/C33H31N3O3/c1-32(2,3)23-18-20-26(21-19-23)39-33(36-35-25-14-8-5-9-15-25)22-28(30(37)27-16-10-11-17-29(27)33)31(38)34-24-12-6-4-7-13-24/h4-22,30,37H,1-3H3,(H,34,38). The third kappa shape index (κ3) is 5.66. The van der Waals surface area contributed by atoms with Gasteiger partial charge in [0.25, 0.3) is 11.6 Å². The van der Waals surface area contributed by atoms with Crippen molar-refractivity contribution < 1.29 is 14.6 Å². The number of anilines is 1. The fourth-order valence-electron chi connectivity index (χ4n) is 4.53. The van der Waals surface area contributed by atoms with Gasteiger partial charge in [0.05, 0.1) is 11.3 Å². The number of nitrogens with one attached hydrogen (secondary N) is 1. The molecule has 0 heterocycles. The van der Waals surface area contributed by atoms with Crippen molar-refractivity contribution in [2.75, 3.05) is 5.32 Å². The Morgan fingerprint density at radius 1 is 0.846 bits per heavy atom. The summed E-state index contributed by atoms with van der Waals surface area (Å²) >= 11 is 0. The first-order chi connectivity index (χ1) is 18.7. The molecule has 2 atom stereocenters. The molecular weight excluding hydrogens is 486 g/mol. The molecular formula is C33H31N3O3. The Kier molecular flexibility index (Phi) is 7.13. The number of aliphatic hydroxyl groups excluding tert-OH is 1. The van der Waals surface area contributed by atoms with Gasteiger partial charge in [-0.3, -0.25) is 4.79 Å². The number of hydrogen-bond acceptors (Lipinski definition) is 5. The number of rotatable bonds is 6. The summed E-state index contributed by atoms with van der Waals surface area (Å²) in [5, 5.41) is 23.4. The summed E-state index contributed by atoms with van der Waals surface area (Å²) in [6, 6.07) is 33.6. The lowest BCUT2D eigenvalue weighted by molar-refractivity contribution is -0.114. The zero-order valence-corrected chi connectivity index (χ0v) is 22.2. The van der Waals surface area contributed by atoms with Crippen molar-refractivity contribution in [2.45, 2.75) is 38.0 Å². The Hall–Kier alpha value is -4.55. The van der Waals surface area contributed by atoms with E-state index >= 15 is 0 Å². The lowest BCUT2D eigenvalue weighted by atomic mass is 9.83. The van der Waals surface area contributed by atoms with E-state index in [2.05, 4.69) is 31.2 Å². The van der Waals surface area contributed by atoms with Crippen LogP contribution in [0.5, 0.6) is 5.75 Å². The minimum Gasteiger partial charge on any atom is -0.457 e. The molecule has 0 aromatic heterocycles. The van der Waals surface area contributed by atoms with Crippen molar-refractivity contribution in [2.24, 2.45) is 10.2 Å². The Labute approximate surface area is 228 Å². The predicted molar refractivity (Wildman–Crippen MR) is 153 cm³/mol. The molecule has 196 valence electrons. The highest BCUT2D eigenvalue weighted by atomic mass is 16.5. The molecule has 1 amide bonds. The Bertz CT molecular complexity index is 1510. The van der Waals surface area contributed by atoms with Gasteiger partial charge in [0.15, 0.2) is 0 Å². The molecule has 0 radical (unpaired) electrons. The second-order valence-electron chi connectivity index (χ2n) is 10.5. The number of azo groups is 1. The van der Waals surface area contributed by atoms with E-state index in [1.54, 1.807) is 24.3 Å². The summed E-state index contributed by atoms with van der Waals surface area (Å²) in [5.41, 5.74) is 2.14. The van der Waals surface area contributed by atoms with E-state index in [0.29, 0.717) is 28.3 Å². The summed E-state index contributed by atoms with van der Waals surface area (Å²) in [6.07, 6.45) is 0.402. The minimum absolute atomic E-state index is 0.0205. The molecule has 39 heavy (non-hydrogen) atoms. The molecule has 5 rings (SSSR count). The molecule has 1 aliphatic carbocycles. The van der Waals surface area contributed by atoms with Gasteiger partial charge in [-0.05, 0) is 52.9 Å². The molecule has 6 nitrogen and oxygen atoms in total. The van der Waals surface area contributed by atoms with Gasteiger partial charge in [-0.1, -0.05) is 93.6 Å². The van der Waals surface area contributed by atoms with E-state index in [-0.39, 0.29) is 11.0 Å². The largest absolute Gasteiger partial charge is 0.457 e. The fraction of sp³-hybridized carbons (Fsp3) is 0.182. The molecule has 0 aliphatic heterocycles. The van der Waals surface area contributed by atoms with Gasteiger partial charge in [-0.25, -0.2) is 0 Å². The van der Waals surface area contributed by atoms with Crippen LogP contribution >= 0.6 is 0 Å². The van der Waals surface area contributed by atoms with Gasteiger partial charge in [0.2, 0.25) is 0 Å². The number of carbonyl (C=O) groups is 1. The molecule has 6 heteroatoms. The number of amides is 1. The van der Waals surface area contributed by atoms with Crippen LogP contribution < -0.4 is 10.1 Å². The maximum atomic E-state index is 13.5. The number of carbonyl (C=O) groups excluding carboxylic acids is 1. The van der Waals surface area contributed by atoms with Gasteiger partial charge < -0.3 is 15.2 Å². The van der Waals surface area contributed by atoms with E-state index in [9.17, 15) is 9.90 Å². The first kappa shape index (κ1) is 26.1. The first-order valence-electron chi connectivity index (χ1n) is 12.9. The number of aliphatic hydroxyl groups is 1. The van der Waals surface area contributed by atoms with E-state index in [1.807, 2.05) is 91.0 Å². The number of benzene rings is 4. The first-order valence-corrected chi connectivity index (χ1v) is 12.9. The van der Waals surface area contributed by atoms with Crippen LogP contribution in [0.25, 0.3) is 0 Å². The van der Waals surface area contributed by atoms with Gasteiger partial charge in [0.1, 0.15) is 11.9 Å². The molecule has 2 unspecified atom stereocenters. The van der Waals surface area contributed by atoms with Gasteiger partial charge in [0, 0.05) is 17.3 Å². The summed E-state index contributed by atoms with van der Waals surface area (Å²) in [5.74, 6) is 0.106. The molecule has 0 spiro atoms. The smallest absolute Gasteiger partial charge is 0.265 e. The predicted octanol–water partition coefficient (Wildman–Crippen LogP) is 7.61. The van der Waals surface area contributed by atoms with Crippen LogP contribution in [0.15, 0.2) is 131 Å². The van der Waals surface area contributed by atoms with Crippen LogP contribution in [0, 0.1) is 0 Å². The van der Waals surface area contributed by atoms with E-state index < -0.39 is 17.7 Å². The van der Waals surface area contributed by atoms with Gasteiger partial charge in [-0.2, -0.15) is 5.11 Å². The summed E-state index contributed by atoms with van der Waals surface area (Å²) in [6.45, 7) is 6.45. The summed E-state index contributed by atoms with van der Waals surface area (Å²) in [4.78, 5) is 13.5. The fourth-order valence-corrected chi connectivity index (χ4v) is 4.53. The maximum absolute atomic E-state index is 13.5. The highest BCUT2D eigenvalue weighted by Gasteiger charge is 2.43. The van der Waals surface area contributed by atoms with Crippen molar-refractivity contribution in [1.82, 2.24) is 0 Å². The SMILES string of the molecule is CC(C)(C)c1ccc(OC2(N=Nc3ccccc3)C=C(C(=O)Nc3ccccc3)C(O)c3ccccc32)cc1. The number of hydrogen-bond donors (Lipinski definition) is 2. The van der Waals surface area contributed by atoms with Crippen LogP contribution in [-0.2, 0) is 15.9 Å². The summed E-state index contributed by atoms with van der Waals surface area (Å²) in [7, 11) is 0. The Morgan fingerprint density at radius 2 is 1.46 bits per heavy atom. The third-order valence-electron chi connectivity index (χ3n) is 6.64. The van der Waals surface area contributed by atoms with Crippen molar-refractivity contribution in [3.63, 3.8) is 0 Å². The molecule has 0 bridgehead atoms. The average Bonchev–Trinajstić information content (AvgIpc) is 2.95. The van der Waals surface area contributed by atoms with Crippen molar-refractivity contribution in [3.8, 4) is 5.75 Å². The van der Waals surface area contributed by atoms with Gasteiger partial charge >= 0.3 is 0 Å². The molecule has 1 aliphatic rings. The normalized spacial score (nSPS) is 18.8. The zero-order chi connectivity index (χ0) is 27.5. The van der Waals surface area contributed by atoms with Crippen molar-refractivity contribution in [1.29, 1.82) is 0 Å². The average molecular weight is 518 g/mol. The quantitative estimate of drug-likeness (QED) is 0.258. The second-order valence-corrected chi connectivity index (χ2v) is 10.5. The highest BCUT2D eigenvalue weighted by Crippen LogP contribution is 2.44. The molecule has 4 aromatic rings. The number of para-hydroxylation sites is 1. The second kappa shape index (κ2) is 10.7. The molecule has 0 saturated heterocycles. The molecule has 0 saturated carbocycles. The third-order valence-corrected chi connectivity index (χ3v) is 6.64. The Balaban J connectivity index is 1.64. The number of fused-ring (bicyclic) bond motifs is 1. The van der Waals surface area contributed by atoms with E-state index in [4.69, 9.17) is 9.85 Å². The van der Waals surface area contributed by atoms with E-state index in [0.717, 1.165) is 5.56 Å². The van der Waals surface area contributed by atoms with E-state index in [1.165, 1.54) is 0 Å². The Morgan fingerprint density at radius 3 is 2.13 bits per heavy atom. The van der Waals surface area contributed by atoms with Crippen LogP contribution in [0.3, 0.4) is 0 Å². The van der Waals surface area contributed by atoms with Gasteiger partial charge in [-0.15, -0.1) is 5.11 Å². The lowest BCUT2D eigenvalue weighted by Gasteiger charge is -2.35. The lowest BCUT2D eigenvalue weighted by Crippen LogP contribution is -2.37. The van der Waals surface area contributed by atoms with Crippen LogP contribution in [0.1, 0.15) is 43.6 Å². The minimum atomic E-state index is -1.50. The molecule has 4 aromatic carbocycles. The molecule has 0 fully saturated rings. The molecule has 2 N–H and O–H groups in total. The van der Waals surface area contributed by atoms with Crippen molar-refractivity contribution in [3.05, 3.63) is 138 Å². The topological polar surface area (TPSA) is 83.3 Å². The van der Waals surface area contributed by atoms with Crippen LogP contribution in [-0.4, -0.2) is 11.0 Å². The maximum Gasteiger partial charge on any atom is 0.265 e. The zero-order valence-electron chi connectivity index (χ0n) is 22.2. The monoisotopic (exact) mass is 517 g/mol.